The third-order valence-corrected chi connectivity index (χ3v) is 29.0. The Kier molecular flexibility index (Phi) is 14.4. The number of anilines is 2. The lowest BCUT2D eigenvalue weighted by Gasteiger charge is -2.30. The van der Waals surface area contributed by atoms with E-state index in [0.29, 0.717) is 0 Å². The molecule has 4 aliphatic rings. The first-order valence-corrected chi connectivity index (χ1v) is 44.7. The Bertz CT molecular complexity index is 9370. The van der Waals surface area contributed by atoms with Gasteiger partial charge in [0.1, 0.15) is 0 Å². The number of rotatable bonds is 9. The van der Waals surface area contributed by atoms with Crippen LogP contribution in [0, 0.1) is 0 Å². The van der Waals surface area contributed by atoms with E-state index in [0.717, 1.165) is 29.0 Å². The van der Waals surface area contributed by atoms with Crippen molar-refractivity contribution in [2.24, 2.45) is 0 Å². The van der Waals surface area contributed by atoms with Crippen molar-refractivity contribution in [3.8, 4) is 106 Å². The second-order valence-electron chi connectivity index (χ2n) is 35.8. The number of hydrogen-bond donors (Lipinski definition) is 0. The summed E-state index contributed by atoms with van der Waals surface area (Å²) in [4.78, 5) is 2.62. The van der Waals surface area contributed by atoms with Crippen LogP contribution in [0.5, 0.6) is 0 Å². The fourth-order valence-electron chi connectivity index (χ4n) is 23.1. The molecule has 0 bridgehead atoms. The molecule has 0 spiro atoms. The number of nitrogens with zero attached hydrogens (tertiary/aromatic N) is 4. The molecule has 22 aromatic carbocycles. The first-order valence-electron chi connectivity index (χ1n) is 44.7. The van der Waals surface area contributed by atoms with Gasteiger partial charge in [-0.05, 0) is 357 Å². The molecule has 1 aliphatic heterocycles. The molecule has 590 valence electrons. The molecule has 29 rings (SSSR count). The van der Waals surface area contributed by atoms with Gasteiger partial charge in [0.2, 0.25) is 0 Å². The highest BCUT2D eigenvalue weighted by Gasteiger charge is 2.38. The van der Waals surface area contributed by atoms with Crippen LogP contribution in [-0.2, 0) is 0 Å². The van der Waals surface area contributed by atoms with Crippen LogP contribution in [0.2, 0.25) is 0 Å². The lowest BCUT2D eigenvalue weighted by Crippen LogP contribution is -2.27. The van der Waals surface area contributed by atoms with Crippen LogP contribution in [0.15, 0.2) is 431 Å². The van der Waals surface area contributed by atoms with Crippen molar-refractivity contribution >= 4 is 163 Å². The third-order valence-electron chi connectivity index (χ3n) is 29.0. The zero-order chi connectivity index (χ0) is 83.2. The van der Waals surface area contributed by atoms with Gasteiger partial charge in [0.25, 0.3) is 0 Å². The normalized spacial score (nSPS) is 13.8. The summed E-state index contributed by atoms with van der Waals surface area (Å²) in [5, 5.41) is 24.9. The molecule has 4 nitrogen and oxygen atoms in total. The number of benzene rings is 22. The summed E-state index contributed by atoms with van der Waals surface area (Å²) in [5.41, 5.74) is 38.2. The molecule has 1 unspecified atom stereocenters. The molecule has 3 aliphatic carbocycles. The Morgan fingerprint density at radius 1 is 0.188 bits per heavy atom. The average molecular weight is 1620 g/mol. The largest absolute Gasteiger partial charge is 0.333 e. The van der Waals surface area contributed by atoms with Crippen molar-refractivity contribution in [3.63, 3.8) is 0 Å². The van der Waals surface area contributed by atoms with Gasteiger partial charge in [-0.25, -0.2) is 0 Å². The minimum absolute atomic E-state index is 0.122. The maximum absolute atomic E-state index is 2.62. The van der Waals surface area contributed by atoms with Gasteiger partial charge in [-0.2, -0.15) is 0 Å². The van der Waals surface area contributed by atoms with Gasteiger partial charge in [0.15, 0.2) is 0 Å². The van der Waals surface area contributed by atoms with E-state index in [4.69, 9.17) is 0 Å². The van der Waals surface area contributed by atoms with Gasteiger partial charge in [0.05, 0.1) is 39.1 Å². The van der Waals surface area contributed by atoms with Crippen molar-refractivity contribution in [1.82, 2.24) is 13.7 Å². The van der Waals surface area contributed by atoms with E-state index >= 15 is 0 Å². The summed E-state index contributed by atoms with van der Waals surface area (Å²) in [6.45, 7) is 0. The molecule has 4 heteroatoms. The second kappa shape index (κ2) is 26.4. The molecule has 4 heterocycles. The monoisotopic (exact) mass is 1620 g/mol. The van der Waals surface area contributed by atoms with Crippen LogP contribution in [0.3, 0.4) is 0 Å². The maximum atomic E-state index is 2.62. The Morgan fingerprint density at radius 3 is 1.23 bits per heavy atom. The first kappa shape index (κ1) is 69.8. The summed E-state index contributed by atoms with van der Waals surface area (Å²) < 4.78 is 7.43. The number of allylic oxidation sites excluding steroid dienone is 2. The number of fused-ring (bicyclic) bond motifs is 24. The van der Waals surface area contributed by atoms with Gasteiger partial charge < -0.3 is 18.6 Å². The molecule has 128 heavy (non-hydrogen) atoms. The molecule has 0 fully saturated rings. The summed E-state index contributed by atoms with van der Waals surface area (Å²) in [6.07, 6.45) is 5.87. The molecular formula is C124H74N4. The van der Waals surface area contributed by atoms with Crippen LogP contribution >= 0.6 is 0 Å². The SMILES string of the molecule is C1=C(c2ccc3c(c2)c2ccc(-c4ccc5c(ccc6c5c5cc(-c7ccc8c(c7)c7cc9ccccc9cc7n8-c7ccccc7)ccc5n6-c5ccc6cc(-c7cc8c9c(cccc9c7)-c7ccccc7-8)ccc6c5)c4)cc2n3-c2ccccc2)C=C2c3cc4ccccc4cc3N(c3ccc4cc(-c5cc6c7c(cccc7c5)-c5ccccc5-6)ccc4c3)C2C1. The van der Waals surface area contributed by atoms with E-state index in [1.165, 1.54) is 258 Å². The van der Waals surface area contributed by atoms with Crippen molar-refractivity contribution < 1.29 is 0 Å². The zero-order valence-corrected chi connectivity index (χ0v) is 69.6. The van der Waals surface area contributed by atoms with E-state index in [9.17, 15) is 0 Å². The van der Waals surface area contributed by atoms with E-state index in [-0.39, 0.29) is 6.04 Å². The highest BCUT2D eigenvalue weighted by Crippen LogP contribution is 2.55. The van der Waals surface area contributed by atoms with Gasteiger partial charge in [-0.1, -0.05) is 261 Å². The number of hydrogen-bond acceptors (Lipinski definition) is 1. The van der Waals surface area contributed by atoms with E-state index < -0.39 is 0 Å². The minimum atomic E-state index is 0.122. The summed E-state index contributed by atoms with van der Waals surface area (Å²) in [7, 11) is 0. The Balaban J connectivity index is 0.535. The van der Waals surface area contributed by atoms with Crippen LogP contribution in [0.4, 0.5) is 11.4 Å². The summed E-state index contributed by atoms with van der Waals surface area (Å²) >= 11 is 0. The third kappa shape index (κ3) is 10.2. The second-order valence-corrected chi connectivity index (χ2v) is 35.8. The Hall–Kier alpha value is -16.7. The molecule has 1 atom stereocenters. The predicted octanol–water partition coefficient (Wildman–Crippen LogP) is 33.4. The molecule has 0 N–H and O–H groups in total. The topological polar surface area (TPSA) is 18.0 Å². The van der Waals surface area contributed by atoms with E-state index in [1.807, 2.05) is 0 Å². The van der Waals surface area contributed by atoms with Gasteiger partial charge in [-0.3, -0.25) is 0 Å². The lowest BCUT2D eigenvalue weighted by molar-refractivity contribution is 0.832. The van der Waals surface area contributed by atoms with Gasteiger partial charge >= 0.3 is 0 Å². The highest BCUT2D eigenvalue weighted by atomic mass is 15.2. The Morgan fingerprint density at radius 2 is 0.586 bits per heavy atom. The predicted molar refractivity (Wildman–Crippen MR) is 542 cm³/mol. The van der Waals surface area contributed by atoms with Crippen molar-refractivity contribution in [2.75, 3.05) is 4.90 Å². The van der Waals surface area contributed by atoms with Crippen LogP contribution in [0.25, 0.3) is 258 Å². The number of aromatic nitrogens is 3. The molecule has 0 saturated carbocycles. The fraction of sp³-hybridized carbons (Fsp3) is 0.0161. The lowest BCUT2D eigenvalue weighted by atomic mass is 9.88. The molecule has 0 radical (unpaired) electrons. The fourth-order valence-corrected chi connectivity index (χ4v) is 23.1. The van der Waals surface area contributed by atoms with Crippen LogP contribution in [-0.4, -0.2) is 19.7 Å². The molecule has 0 amide bonds. The summed E-state index contributed by atoms with van der Waals surface area (Å²) in [5.74, 6) is 0. The van der Waals surface area contributed by atoms with E-state index in [2.05, 4.69) is 449 Å². The van der Waals surface area contributed by atoms with Crippen LogP contribution in [0.1, 0.15) is 17.5 Å². The van der Waals surface area contributed by atoms with Gasteiger partial charge in [-0.15, -0.1) is 0 Å². The van der Waals surface area contributed by atoms with E-state index in [1.54, 1.807) is 0 Å². The van der Waals surface area contributed by atoms with Crippen molar-refractivity contribution in [2.45, 2.75) is 12.5 Å². The smallest absolute Gasteiger partial charge is 0.0633 e. The minimum Gasteiger partial charge on any atom is -0.333 e. The molecule has 0 saturated heterocycles. The van der Waals surface area contributed by atoms with Crippen molar-refractivity contribution in [3.05, 3.63) is 442 Å². The van der Waals surface area contributed by atoms with Crippen molar-refractivity contribution in [1.29, 1.82) is 0 Å². The van der Waals surface area contributed by atoms with Gasteiger partial charge in [0, 0.05) is 66.3 Å². The highest BCUT2D eigenvalue weighted by molar-refractivity contribution is 6.25. The average Bonchev–Trinajstić information content (AvgIpc) is 1.55. The zero-order valence-electron chi connectivity index (χ0n) is 69.6. The number of para-hydroxylation sites is 2. The first-order chi connectivity index (χ1) is 63.4. The summed E-state index contributed by atoms with van der Waals surface area (Å²) in [6, 6.07) is 159. The molecule has 25 aromatic rings. The quantitative estimate of drug-likeness (QED) is 0.141. The Labute approximate surface area is 737 Å². The molecule has 3 aromatic heterocycles. The standard InChI is InChI=1S/C124H74N4/c1-3-23-94(24-4-1)125-114-50-41-84(85-43-52-116-108(65-85)110-63-74-18-8-10-20-76(74)71-121(110)128(116)97-47-38-78-56-81(34-36-83(78)61-97)93-59-91-22-16-32-105-100-28-12-14-30-102(100)112(69-93)123(91)105)64-106(114)103-49-40-88(72-119(103)125)79-39-48-98-89(57-79)45-54-118-124(98)113-67-87(86-42-51-115-107(66-86)109-62-73-17-7-9-19-75(73)70-120(109)126(115)95-25-5-2-6-26-95)44-53-117(113)127(118)96-46-37-77-55-80(33-35-82(77)60-96)92-58-90-21-15-31-104-99-27-11-13-29-101(99)111(68-92)122(90)104/h1-51,53-72,116H,52H2. The molecular weight excluding hydrogens is 1550 g/mol. The maximum Gasteiger partial charge on any atom is 0.0633 e. The van der Waals surface area contributed by atoms with Crippen LogP contribution < -0.4 is 4.90 Å².